The van der Waals surface area contributed by atoms with Crippen molar-refractivity contribution < 1.29 is 43.0 Å². The van der Waals surface area contributed by atoms with Gasteiger partial charge in [0.1, 0.15) is 12.2 Å². The second-order valence-corrected chi connectivity index (χ2v) is 13.7. The molecule has 0 aliphatic heterocycles. The van der Waals surface area contributed by atoms with Crippen LogP contribution in [0.3, 0.4) is 0 Å². The number of carbonyl (C=O) groups excluding carboxylic acids is 1. The van der Waals surface area contributed by atoms with Gasteiger partial charge >= 0.3 is 13.8 Å². The van der Waals surface area contributed by atoms with Crippen molar-refractivity contribution in [2.45, 2.75) is 174 Å². The first-order valence-corrected chi connectivity index (χ1v) is 19.7. The highest BCUT2D eigenvalue weighted by Crippen LogP contribution is 2.43. The number of aliphatic hydroxyl groups excluding tert-OH is 2. The van der Waals surface area contributed by atoms with Crippen molar-refractivity contribution in [2.24, 2.45) is 0 Å². The van der Waals surface area contributed by atoms with Crippen LogP contribution in [0.1, 0.15) is 162 Å². The SMILES string of the molecule is CCCCCCCCC/C=C\CCCCCCCC(=O)OC(COCCCCCCCCCC)COP(=O)(O)OCC(O)CO. The van der Waals surface area contributed by atoms with Crippen LogP contribution in [0.15, 0.2) is 12.2 Å². The first-order chi connectivity index (χ1) is 21.8. The predicted octanol–water partition coefficient (Wildman–Crippen LogP) is 8.97. The maximum Gasteiger partial charge on any atom is 0.472 e. The van der Waals surface area contributed by atoms with E-state index in [-0.39, 0.29) is 19.6 Å². The molecule has 10 heteroatoms. The number of unbranched alkanes of at least 4 members (excludes halogenated alkanes) is 19. The summed E-state index contributed by atoms with van der Waals surface area (Å²) in [6, 6.07) is 0. The Morgan fingerprint density at radius 3 is 1.67 bits per heavy atom. The van der Waals surface area contributed by atoms with Crippen molar-refractivity contribution in [1.82, 2.24) is 0 Å². The van der Waals surface area contributed by atoms with Gasteiger partial charge in [0.05, 0.1) is 26.4 Å². The Kier molecular flexibility index (Phi) is 32.5. The molecule has 0 aromatic carbocycles. The van der Waals surface area contributed by atoms with Crippen molar-refractivity contribution >= 4 is 13.8 Å². The molecule has 0 radical (unpaired) electrons. The topological polar surface area (TPSA) is 132 Å². The number of ether oxygens (including phenoxy) is 2. The van der Waals surface area contributed by atoms with Crippen LogP contribution >= 0.6 is 7.82 Å². The summed E-state index contributed by atoms with van der Waals surface area (Å²) in [7, 11) is -4.50. The molecular weight excluding hydrogens is 595 g/mol. The largest absolute Gasteiger partial charge is 0.472 e. The summed E-state index contributed by atoms with van der Waals surface area (Å²) in [4.78, 5) is 22.4. The summed E-state index contributed by atoms with van der Waals surface area (Å²) in [6.07, 6.45) is 28.9. The molecule has 0 heterocycles. The van der Waals surface area contributed by atoms with Crippen LogP contribution < -0.4 is 0 Å². The molecule has 0 saturated heterocycles. The molecular formula is C35H69O9P. The van der Waals surface area contributed by atoms with Gasteiger partial charge in [0.15, 0.2) is 0 Å². The summed E-state index contributed by atoms with van der Waals surface area (Å²) < 4.78 is 33.1. The van der Waals surface area contributed by atoms with E-state index in [1.165, 1.54) is 83.5 Å². The zero-order chi connectivity index (χ0) is 33.3. The van der Waals surface area contributed by atoms with Gasteiger partial charge in [-0.1, -0.05) is 129 Å². The zero-order valence-corrected chi connectivity index (χ0v) is 29.7. The molecule has 3 unspecified atom stereocenters. The highest BCUT2D eigenvalue weighted by Gasteiger charge is 2.26. The standard InChI is InChI=1S/C35H69O9P/c1-3-5-7-9-11-13-14-15-16-17-18-19-20-21-23-25-27-35(38)44-34(32-43-45(39,40)42-30-33(37)29-36)31-41-28-26-24-22-12-10-8-6-4-2/h16-17,33-34,36-37H,3-15,18-32H2,1-2H3,(H,39,40)/b17-16-. The number of hydrogen-bond acceptors (Lipinski definition) is 8. The molecule has 0 rings (SSSR count). The normalized spacial score (nSPS) is 14.5. The van der Waals surface area contributed by atoms with Crippen LogP contribution in [0.4, 0.5) is 0 Å². The number of aliphatic hydroxyl groups is 2. The fourth-order valence-electron chi connectivity index (χ4n) is 4.88. The van der Waals surface area contributed by atoms with E-state index in [1.807, 2.05) is 0 Å². The lowest BCUT2D eigenvalue weighted by atomic mass is 10.1. The lowest BCUT2D eigenvalue weighted by Crippen LogP contribution is -2.29. The van der Waals surface area contributed by atoms with Gasteiger partial charge < -0.3 is 24.6 Å². The number of esters is 1. The lowest BCUT2D eigenvalue weighted by Gasteiger charge is -2.20. The Balaban J connectivity index is 4.20. The maximum atomic E-state index is 12.5. The first-order valence-electron chi connectivity index (χ1n) is 18.2. The van der Waals surface area contributed by atoms with Gasteiger partial charge in [0, 0.05) is 13.0 Å². The van der Waals surface area contributed by atoms with E-state index in [0.717, 1.165) is 57.8 Å². The average Bonchev–Trinajstić information content (AvgIpc) is 3.03. The van der Waals surface area contributed by atoms with Crippen LogP contribution in [0.5, 0.6) is 0 Å². The number of carbonyl (C=O) groups is 1. The third kappa shape index (κ3) is 32.9. The smallest absolute Gasteiger partial charge is 0.457 e. The van der Waals surface area contributed by atoms with Crippen LogP contribution in [-0.2, 0) is 27.9 Å². The fourth-order valence-corrected chi connectivity index (χ4v) is 5.67. The quantitative estimate of drug-likeness (QED) is 0.0263. The van der Waals surface area contributed by atoms with E-state index in [1.54, 1.807) is 0 Å². The molecule has 45 heavy (non-hydrogen) atoms. The highest BCUT2D eigenvalue weighted by molar-refractivity contribution is 7.47. The zero-order valence-electron chi connectivity index (χ0n) is 28.8. The van der Waals surface area contributed by atoms with Gasteiger partial charge in [-0.05, 0) is 38.5 Å². The van der Waals surface area contributed by atoms with E-state index in [9.17, 15) is 19.4 Å². The maximum absolute atomic E-state index is 12.5. The van der Waals surface area contributed by atoms with Crippen LogP contribution in [0.25, 0.3) is 0 Å². The Hall–Kier alpha value is -0.800. The third-order valence-corrected chi connectivity index (χ3v) is 8.65. The monoisotopic (exact) mass is 664 g/mol. The molecule has 0 saturated carbocycles. The summed E-state index contributed by atoms with van der Waals surface area (Å²) >= 11 is 0. The molecule has 3 atom stereocenters. The van der Waals surface area contributed by atoms with Crippen molar-refractivity contribution in [2.75, 3.05) is 33.0 Å². The fraction of sp³-hybridized carbons (Fsp3) is 0.914. The van der Waals surface area contributed by atoms with Crippen LogP contribution in [-0.4, -0.2) is 66.3 Å². The minimum absolute atomic E-state index is 0.0496. The predicted molar refractivity (Wildman–Crippen MR) is 182 cm³/mol. The van der Waals surface area contributed by atoms with Gasteiger partial charge in [-0.25, -0.2) is 4.57 Å². The number of phosphoric ester groups is 1. The summed E-state index contributed by atoms with van der Waals surface area (Å²) in [5.41, 5.74) is 0. The summed E-state index contributed by atoms with van der Waals surface area (Å²) in [5, 5.41) is 18.2. The molecule has 0 aromatic rings. The Bertz CT molecular complexity index is 719. The molecule has 268 valence electrons. The van der Waals surface area contributed by atoms with E-state index in [2.05, 4.69) is 26.0 Å². The Morgan fingerprint density at radius 2 is 1.13 bits per heavy atom. The van der Waals surface area contributed by atoms with Crippen LogP contribution in [0, 0.1) is 0 Å². The van der Waals surface area contributed by atoms with Crippen LogP contribution in [0.2, 0.25) is 0 Å². The number of hydrogen-bond donors (Lipinski definition) is 3. The molecule has 0 amide bonds. The minimum Gasteiger partial charge on any atom is -0.457 e. The second kappa shape index (κ2) is 33.1. The Morgan fingerprint density at radius 1 is 0.667 bits per heavy atom. The van der Waals surface area contributed by atoms with E-state index >= 15 is 0 Å². The van der Waals surface area contributed by atoms with E-state index in [4.69, 9.17) is 23.6 Å². The molecule has 9 nitrogen and oxygen atoms in total. The van der Waals surface area contributed by atoms with Gasteiger partial charge in [0.25, 0.3) is 0 Å². The molecule has 0 fully saturated rings. The van der Waals surface area contributed by atoms with Gasteiger partial charge in [-0.2, -0.15) is 0 Å². The third-order valence-electron chi connectivity index (χ3n) is 7.70. The van der Waals surface area contributed by atoms with Crippen molar-refractivity contribution in [3.05, 3.63) is 12.2 Å². The average molecular weight is 665 g/mol. The van der Waals surface area contributed by atoms with Crippen molar-refractivity contribution in [3.63, 3.8) is 0 Å². The molecule has 0 aromatic heterocycles. The molecule has 0 bridgehead atoms. The number of rotatable bonds is 35. The second-order valence-electron chi connectivity index (χ2n) is 12.2. The van der Waals surface area contributed by atoms with E-state index < -0.39 is 39.2 Å². The molecule has 0 aliphatic rings. The Labute approximate surface area is 275 Å². The molecule has 3 N–H and O–H groups in total. The number of allylic oxidation sites excluding steroid dienone is 2. The van der Waals surface area contributed by atoms with Crippen molar-refractivity contribution in [1.29, 1.82) is 0 Å². The van der Waals surface area contributed by atoms with E-state index in [0.29, 0.717) is 6.61 Å². The molecule has 0 spiro atoms. The van der Waals surface area contributed by atoms with Gasteiger partial charge in [-0.3, -0.25) is 13.8 Å². The summed E-state index contributed by atoms with van der Waals surface area (Å²) in [5.74, 6) is -0.392. The minimum atomic E-state index is -4.50. The first kappa shape index (κ1) is 44.2. The highest BCUT2D eigenvalue weighted by atomic mass is 31.2. The summed E-state index contributed by atoms with van der Waals surface area (Å²) in [6.45, 7) is 3.48. The molecule has 0 aliphatic carbocycles. The number of phosphoric acid groups is 1. The van der Waals surface area contributed by atoms with Crippen molar-refractivity contribution in [3.8, 4) is 0 Å². The van der Waals surface area contributed by atoms with Gasteiger partial charge in [-0.15, -0.1) is 0 Å². The van der Waals surface area contributed by atoms with Gasteiger partial charge in [0.2, 0.25) is 0 Å². The lowest BCUT2D eigenvalue weighted by molar-refractivity contribution is -0.154.